The minimum Gasteiger partial charge on any atom is -0.350 e. The van der Waals surface area contributed by atoms with E-state index in [1.54, 1.807) is 36.4 Å². The van der Waals surface area contributed by atoms with Gasteiger partial charge in [-0.2, -0.15) is 13.2 Å². The van der Waals surface area contributed by atoms with E-state index in [9.17, 15) is 18.0 Å². The third-order valence-electron chi connectivity index (χ3n) is 3.83. The summed E-state index contributed by atoms with van der Waals surface area (Å²) in [5.74, 6) is 0. The molecule has 4 aromatic rings. The first-order valence-corrected chi connectivity index (χ1v) is 7.12. The lowest BCUT2D eigenvalue weighted by molar-refractivity contribution is -0.140. The van der Waals surface area contributed by atoms with Crippen LogP contribution >= 0.6 is 0 Å². The van der Waals surface area contributed by atoms with E-state index in [1.807, 2.05) is 0 Å². The summed E-state index contributed by atoms with van der Waals surface area (Å²) in [5.41, 5.74) is -0.927. The molecule has 4 rings (SSSR count). The molecule has 24 heavy (non-hydrogen) atoms. The molecular formula is C17H10F3N3O. The van der Waals surface area contributed by atoms with Crippen molar-refractivity contribution in [3.05, 3.63) is 64.6 Å². The van der Waals surface area contributed by atoms with Crippen LogP contribution in [0.5, 0.6) is 0 Å². The van der Waals surface area contributed by atoms with Crippen molar-refractivity contribution in [1.82, 2.24) is 15.0 Å². The summed E-state index contributed by atoms with van der Waals surface area (Å²) < 4.78 is 40.3. The third-order valence-corrected chi connectivity index (χ3v) is 3.83. The summed E-state index contributed by atoms with van der Waals surface area (Å²) in [6, 6.07) is 13.0. The van der Waals surface area contributed by atoms with Gasteiger partial charge in [-0.15, -0.1) is 0 Å². The van der Waals surface area contributed by atoms with Crippen LogP contribution in [0.4, 0.5) is 13.2 Å². The normalized spacial score (nSPS) is 12.1. The number of fused-ring (bicyclic) bond motifs is 2. The molecule has 4 nitrogen and oxygen atoms in total. The number of aromatic amines is 2. The maximum absolute atomic E-state index is 13.4. The lowest BCUT2D eigenvalue weighted by Gasteiger charge is -2.08. The zero-order valence-electron chi connectivity index (χ0n) is 12.1. The molecule has 120 valence electrons. The zero-order chi connectivity index (χ0) is 16.9. The van der Waals surface area contributed by atoms with Crippen LogP contribution in [-0.4, -0.2) is 15.0 Å². The van der Waals surface area contributed by atoms with Crippen molar-refractivity contribution >= 4 is 21.9 Å². The monoisotopic (exact) mass is 329 g/mol. The van der Waals surface area contributed by atoms with Crippen molar-refractivity contribution in [2.24, 2.45) is 0 Å². The third kappa shape index (κ3) is 2.17. The van der Waals surface area contributed by atoms with Crippen molar-refractivity contribution in [2.75, 3.05) is 0 Å². The van der Waals surface area contributed by atoms with Crippen LogP contribution in [0.25, 0.3) is 33.2 Å². The van der Waals surface area contributed by atoms with E-state index >= 15 is 0 Å². The van der Waals surface area contributed by atoms with E-state index in [-0.39, 0.29) is 11.3 Å². The highest BCUT2D eigenvalue weighted by atomic mass is 19.4. The molecule has 0 radical (unpaired) electrons. The highest BCUT2D eigenvalue weighted by Gasteiger charge is 2.38. The van der Waals surface area contributed by atoms with Crippen LogP contribution in [0.1, 0.15) is 5.69 Å². The molecule has 0 aliphatic carbocycles. The Morgan fingerprint density at radius 1 is 0.875 bits per heavy atom. The topological polar surface area (TPSA) is 61.5 Å². The van der Waals surface area contributed by atoms with Gasteiger partial charge in [0, 0.05) is 16.5 Å². The number of para-hydroxylation sites is 3. The Morgan fingerprint density at radius 3 is 2.29 bits per heavy atom. The van der Waals surface area contributed by atoms with Crippen molar-refractivity contribution in [1.29, 1.82) is 0 Å². The Bertz CT molecular complexity index is 1130. The van der Waals surface area contributed by atoms with Crippen molar-refractivity contribution in [2.45, 2.75) is 6.18 Å². The number of H-pyrrole nitrogens is 2. The maximum atomic E-state index is 13.4. The average molecular weight is 329 g/mol. The first kappa shape index (κ1) is 14.5. The fraction of sp³-hybridized carbons (Fsp3) is 0.0588. The average Bonchev–Trinajstić information content (AvgIpc) is 2.94. The van der Waals surface area contributed by atoms with E-state index in [0.29, 0.717) is 21.9 Å². The predicted octanol–water partition coefficient (Wildman–Crippen LogP) is 4.09. The summed E-state index contributed by atoms with van der Waals surface area (Å²) in [7, 11) is 0. The van der Waals surface area contributed by atoms with Gasteiger partial charge in [0.25, 0.3) is 5.56 Å². The highest BCUT2D eigenvalue weighted by molar-refractivity contribution is 5.97. The van der Waals surface area contributed by atoms with E-state index < -0.39 is 17.4 Å². The summed E-state index contributed by atoms with van der Waals surface area (Å²) in [5, 5.41) is 0.304. The van der Waals surface area contributed by atoms with Crippen LogP contribution < -0.4 is 5.56 Å². The van der Waals surface area contributed by atoms with Gasteiger partial charge in [-0.05, 0) is 18.2 Å². The van der Waals surface area contributed by atoms with Gasteiger partial charge >= 0.3 is 6.18 Å². The molecule has 0 saturated heterocycles. The lowest BCUT2D eigenvalue weighted by Crippen LogP contribution is -2.15. The molecule has 0 unspecified atom stereocenters. The van der Waals surface area contributed by atoms with Crippen molar-refractivity contribution in [3.8, 4) is 11.3 Å². The Kier molecular flexibility index (Phi) is 2.99. The fourth-order valence-corrected chi connectivity index (χ4v) is 2.80. The van der Waals surface area contributed by atoms with Crippen LogP contribution in [-0.2, 0) is 6.18 Å². The largest absolute Gasteiger partial charge is 0.431 e. The molecule has 0 spiro atoms. The van der Waals surface area contributed by atoms with E-state index in [2.05, 4.69) is 15.0 Å². The second-order valence-corrected chi connectivity index (χ2v) is 5.35. The number of aromatic nitrogens is 3. The number of nitrogens with one attached hydrogen (secondary N) is 2. The van der Waals surface area contributed by atoms with Crippen LogP contribution in [0.3, 0.4) is 0 Å². The molecule has 2 N–H and O–H groups in total. The number of benzene rings is 2. The summed E-state index contributed by atoms with van der Waals surface area (Å²) in [6.45, 7) is 0. The first-order chi connectivity index (χ1) is 11.4. The van der Waals surface area contributed by atoms with Gasteiger partial charge in [0.05, 0.1) is 11.0 Å². The zero-order valence-corrected chi connectivity index (χ0v) is 12.1. The molecule has 2 heterocycles. The van der Waals surface area contributed by atoms with Gasteiger partial charge in [-0.3, -0.25) is 4.79 Å². The molecule has 0 atom stereocenters. The molecule has 0 aliphatic rings. The van der Waals surface area contributed by atoms with E-state index in [0.717, 1.165) is 0 Å². The Hall–Kier alpha value is -3.09. The molecule has 0 aliphatic heterocycles. The summed E-state index contributed by atoms with van der Waals surface area (Å²) in [4.78, 5) is 21.5. The second kappa shape index (κ2) is 4.95. The smallest absolute Gasteiger partial charge is 0.350 e. The van der Waals surface area contributed by atoms with Crippen LogP contribution in [0.2, 0.25) is 0 Å². The second-order valence-electron chi connectivity index (χ2n) is 5.35. The standard InChI is InChI=1S/C17H10F3N3O/c18-17(19,20)15-13(9-5-1-2-6-10(9)22-15)14-16(24)23-12-8-4-3-7-11(12)21-14/h1-8,22H,(H,23,24). The molecule has 0 amide bonds. The summed E-state index contributed by atoms with van der Waals surface area (Å²) in [6.07, 6.45) is -4.63. The van der Waals surface area contributed by atoms with Gasteiger partial charge in [-0.25, -0.2) is 4.98 Å². The molecule has 2 aromatic heterocycles. The van der Waals surface area contributed by atoms with Crippen molar-refractivity contribution in [3.63, 3.8) is 0 Å². The number of alkyl halides is 3. The molecule has 2 aromatic carbocycles. The molecule has 0 fully saturated rings. The SMILES string of the molecule is O=c1[nH]c2ccccc2nc1-c1c(C(F)(F)F)[nH]c2ccccc12. The molecule has 0 bridgehead atoms. The number of hydrogen-bond acceptors (Lipinski definition) is 2. The highest BCUT2D eigenvalue weighted by Crippen LogP contribution is 2.39. The summed E-state index contributed by atoms with van der Waals surface area (Å²) >= 11 is 0. The van der Waals surface area contributed by atoms with E-state index in [4.69, 9.17) is 0 Å². The van der Waals surface area contributed by atoms with Gasteiger partial charge in [0.2, 0.25) is 0 Å². The Balaban J connectivity index is 2.13. The number of rotatable bonds is 1. The van der Waals surface area contributed by atoms with Gasteiger partial charge in [0.1, 0.15) is 11.4 Å². The molecule has 7 heteroatoms. The van der Waals surface area contributed by atoms with Gasteiger partial charge in [0.15, 0.2) is 0 Å². The van der Waals surface area contributed by atoms with Crippen LogP contribution in [0, 0.1) is 0 Å². The minimum atomic E-state index is -4.63. The molecule has 0 saturated carbocycles. The lowest BCUT2D eigenvalue weighted by atomic mass is 10.1. The molecular weight excluding hydrogens is 319 g/mol. The predicted molar refractivity (Wildman–Crippen MR) is 84.7 cm³/mol. The Morgan fingerprint density at radius 2 is 1.54 bits per heavy atom. The van der Waals surface area contributed by atoms with Gasteiger partial charge in [-0.1, -0.05) is 30.3 Å². The fourth-order valence-electron chi connectivity index (χ4n) is 2.80. The van der Waals surface area contributed by atoms with E-state index in [1.165, 1.54) is 12.1 Å². The van der Waals surface area contributed by atoms with Gasteiger partial charge < -0.3 is 9.97 Å². The quantitative estimate of drug-likeness (QED) is 0.552. The van der Waals surface area contributed by atoms with Crippen molar-refractivity contribution < 1.29 is 13.2 Å². The number of nitrogens with zero attached hydrogens (tertiary/aromatic N) is 1. The number of hydrogen-bond donors (Lipinski definition) is 2. The minimum absolute atomic E-state index is 0.231. The maximum Gasteiger partial charge on any atom is 0.431 e. The van der Waals surface area contributed by atoms with Crippen LogP contribution in [0.15, 0.2) is 53.3 Å². The Labute approximate surface area is 133 Å². The number of halogens is 3. The first-order valence-electron chi connectivity index (χ1n) is 7.12.